The average Bonchev–Trinajstić information content (AvgIpc) is 2.52. The third kappa shape index (κ3) is 3.47. The molecule has 0 saturated heterocycles. The molecule has 4 nitrogen and oxygen atoms in total. The van der Waals surface area contributed by atoms with Crippen LogP contribution in [-0.4, -0.2) is 23.6 Å². The second-order valence-corrected chi connectivity index (χ2v) is 4.56. The van der Waals surface area contributed by atoms with Crippen LogP contribution in [0.5, 0.6) is 5.75 Å². The van der Waals surface area contributed by atoms with Gasteiger partial charge in [-0.15, -0.1) is 0 Å². The van der Waals surface area contributed by atoms with Crippen molar-refractivity contribution in [3.05, 3.63) is 36.2 Å². The fourth-order valence-electron chi connectivity index (χ4n) is 1.91. The Bertz CT molecular complexity index is 552. The van der Waals surface area contributed by atoms with Crippen LogP contribution in [0.2, 0.25) is 0 Å². The topological polar surface area (TPSA) is 47.0 Å². The summed E-state index contributed by atoms with van der Waals surface area (Å²) in [6.45, 7) is 5.12. The van der Waals surface area contributed by atoms with Crippen LogP contribution in [0.4, 0.5) is 5.82 Å². The van der Waals surface area contributed by atoms with Crippen LogP contribution in [0.25, 0.3) is 11.3 Å². The minimum absolute atomic E-state index is 0.824. The van der Waals surface area contributed by atoms with Crippen molar-refractivity contribution in [1.29, 1.82) is 0 Å². The molecule has 0 saturated carbocycles. The summed E-state index contributed by atoms with van der Waals surface area (Å²) >= 11 is 0. The number of nitrogens with one attached hydrogen (secondary N) is 1. The second-order valence-electron chi connectivity index (χ2n) is 4.56. The van der Waals surface area contributed by atoms with Crippen molar-refractivity contribution < 1.29 is 4.74 Å². The van der Waals surface area contributed by atoms with Crippen LogP contribution in [-0.2, 0) is 6.42 Å². The van der Waals surface area contributed by atoms with Crippen LogP contribution in [0.1, 0.15) is 26.1 Å². The van der Waals surface area contributed by atoms with Crippen molar-refractivity contribution in [2.24, 2.45) is 0 Å². The van der Waals surface area contributed by atoms with Gasteiger partial charge in [0.15, 0.2) is 0 Å². The van der Waals surface area contributed by atoms with Gasteiger partial charge in [0.2, 0.25) is 0 Å². The molecule has 0 spiro atoms. The fourth-order valence-corrected chi connectivity index (χ4v) is 1.91. The zero-order valence-electron chi connectivity index (χ0n) is 12.3. The van der Waals surface area contributed by atoms with Gasteiger partial charge in [0.1, 0.15) is 17.4 Å². The lowest BCUT2D eigenvalue weighted by Gasteiger charge is -2.09. The summed E-state index contributed by atoms with van der Waals surface area (Å²) in [7, 11) is 1.67. The van der Waals surface area contributed by atoms with Crippen molar-refractivity contribution in [3.63, 3.8) is 0 Å². The van der Waals surface area contributed by atoms with Crippen LogP contribution in [0.15, 0.2) is 30.3 Å². The van der Waals surface area contributed by atoms with Gasteiger partial charge in [-0.1, -0.05) is 13.8 Å². The monoisotopic (exact) mass is 271 g/mol. The number of anilines is 1. The largest absolute Gasteiger partial charge is 0.497 e. The van der Waals surface area contributed by atoms with Crippen molar-refractivity contribution in [2.75, 3.05) is 19.0 Å². The van der Waals surface area contributed by atoms with E-state index in [9.17, 15) is 0 Å². The molecule has 0 radical (unpaired) electrons. The first-order chi connectivity index (χ1) is 9.76. The molecule has 1 heterocycles. The number of nitrogens with zero attached hydrogens (tertiary/aromatic N) is 2. The van der Waals surface area contributed by atoms with E-state index >= 15 is 0 Å². The fraction of sp³-hybridized carbons (Fsp3) is 0.375. The van der Waals surface area contributed by atoms with Gasteiger partial charge in [0, 0.05) is 24.6 Å². The van der Waals surface area contributed by atoms with Gasteiger partial charge < -0.3 is 10.1 Å². The Hall–Kier alpha value is -2.10. The van der Waals surface area contributed by atoms with E-state index in [0.717, 1.165) is 48.0 Å². The van der Waals surface area contributed by atoms with Gasteiger partial charge in [0.05, 0.1) is 12.8 Å². The van der Waals surface area contributed by atoms with Crippen LogP contribution in [0, 0.1) is 0 Å². The molecule has 1 aromatic heterocycles. The van der Waals surface area contributed by atoms with Crippen molar-refractivity contribution in [3.8, 4) is 17.0 Å². The average molecular weight is 271 g/mol. The maximum atomic E-state index is 5.18. The summed E-state index contributed by atoms with van der Waals surface area (Å²) in [5, 5.41) is 3.33. The van der Waals surface area contributed by atoms with E-state index in [2.05, 4.69) is 29.1 Å². The lowest BCUT2D eigenvalue weighted by Crippen LogP contribution is -2.05. The smallest absolute Gasteiger partial charge is 0.131 e. The van der Waals surface area contributed by atoms with Gasteiger partial charge in [-0.25, -0.2) is 9.97 Å². The predicted molar refractivity (Wildman–Crippen MR) is 82.2 cm³/mol. The molecule has 4 heteroatoms. The molecule has 2 aromatic rings. The van der Waals surface area contributed by atoms with E-state index in [0.29, 0.717) is 0 Å². The molecule has 0 aliphatic heterocycles. The summed E-state index contributed by atoms with van der Waals surface area (Å²) < 4.78 is 5.18. The molecular formula is C16H21N3O. The Balaban J connectivity index is 2.33. The lowest BCUT2D eigenvalue weighted by atomic mass is 10.1. The van der Waals surface area contributed by atoms with E-state index in [4.69, 9.17) is 4.74 Å². The van der Waals surface area contributed by atoms with Crippen LogP contribution >= 0.6 is 0 Å². The first-order valence-electron chi connectivity index (χ1n) is 7.03. The highest BCUT2D eigenvalue weighted by Gasteiger charge is 2.06. The molecule has 0 fully saturated rings. The molecule has 106 valence electrons. The van der Waals surface area contributed by atoms with Gasteiger partial charge in [-0.05, 0) is 30.7 Å². The van der Waals surface area contributed by atoms with Gasteiger partial charge >= 0.3 is 0 Å². The number of hydrogen-bond acceptors (Lipinski definition) is 4. The Morgan fingerprint density at radius 3 is 2.45 bits per heavy atom. The predicted octanol–water partition coefficient (Wildman–Crippen LogP) is 3.54. The second kappa shape index (κ2) is 6.89. The minimum Gasteiger partial charge on any atom is -0.497 e. The molecule has 0 aliphatic rings. The van der Waals surface area contributed by atoms with E-state index in [1.54, 1.807) is 7.11 Å². The summed E-state index contributed by atoms with van der Waals surface area (Å²) in [6, 6.07) is 9.93. The Morgan fingerprint density at radius 1 is 1.10 bits per heavy atom. The number of ether oxygens (including phenoxy) is 1. The molecule has 1 N–H and O–H groups in total. The third-order valence-electron chi connectivity index (χ3n) is 3.03. The van der Waals surface area contributed by atoms with Gasteiger partial charge in [0.25, 0.3) is 0 Å². The van der Waals surface area contributed by atoms with Gasteiger partial charge in [-0.3, -0.25) is 0 Å². The van der Waals surface area contributed by atoms with Crippen LogP contribution in [0.3, 0.4) is 0 Å². The molecular weight excluding hydrogens is 250 g/mol. The summed E-state index contributed by atoms with van der Waals surface area (Å²) in [5.41, 5.74) is 2.01. The maximum absolute atomic E-state index is 5.18. The zero-order valence-corrected chi connectivity index (χ0v) is 12.3. The minimum atomic E-state index is 0.824. The van der Waals surface area contributed by atoms with E-state index in [1.165, 1.54) is 0 Å². The highest BCUT2D eigenvalue weighted by molar-refractivity contribution is 5.63. The third-order valence-corrected chi connectivity index (χ3v) is 3.03. The number of benzene rings is 1. The summed E-state index contributed by atoms with van der Waals surface area (Å²) in [5.74, 6) is 2.60. The number of rotatable bonds is 6. The molecule has 0 atom stereocenters. The Labute approximate surface area is 120 Å². The summed E-state index contributed by atoms with van der Waals surface area (Å²) in [6.07, 6.45) is 1.90. The Morgan fingerprint density at radius 2 is 1.85 bits per heavy atom. The SMILES string of the molecule is CCCNc1cc(-c2ccc(OC)cc2)nc(CC)n1. The first-order valence-corrected chi connectivity index (χ1v) is 7.03. The first kappa shape index (κ1) is 14.3. The standard InChI is InChI=1S/C16H21N3O/c1-4-10-17-16-11-14(18-15(5-2)19-16)12-6-8-13(20-3)9-7-12/h6-9,11H,4-5,10H2,1-3H3,(H,17,18,19). The lowest BCUT2D eigenvalue weighted by molar-refractivity contribution is 0.415. The van der Waals surface area contributed by atoms with Crippen molar-refractivity contribution >= 4 is 5.82 Å². The van der Waals surface area contributed by atoms with E-state index < -0.39 is 0 Å². The van der Waals surface area contributed by atoms with Crippen LogP contribution < -0.4 is 10.1 Å². The zero-order chi connectivity index (χ0) is 14.4. The molecule has 0 unspecified atom stereocenters. The molecule has 1 aromatic carbocycles. The van der Waals surface area contributed by atoms with E-state index in [-0.39, 0.29) is 0 Å². The summed E-state index contributed by atoms with van der Waals surface area (Å²) in [4.78, 5) is 9.10. The van der Waals surface area contributed by atoms with Crippen molar-refractivity contribution in [2.45, 2.75) is 26.7 Å². The van der Waals surface area contributed by atoms with E-state index in [1.807, 2.05) is 30.3 Å². The molecule has 2 rings (SSSR count). The number of aromatic nitrogens is 2. The molecule has 20 heavy (non-hydrogen) atoms. The number of methoxy groups -OCH3 is 1. The number of hydrogen-bond donors (Lipinski definition) is 1. The molecule has 0 bridgehead atoms. The Kier molecular flexibility index (Phi) is 4.93. The van der Waals surface area contributed by atoms with Gasteiger partial charge in [-0.2, -0.15) is 0 Å². The highest BCUT2D eigenvalue weighted by Crippen LogP contribution is 2.22. The highest BCUT2D eigenvalue weighted by atomic mass is 16.5. The molecule has 0 aliphatic carbocycles. The normalized spacial score (nSPS) is 10.3. The molecule has 0 amide bonds. The number of aryl methyl sites for hydroxylation is 1. The maximum Gasteiger partial charge on any atom is 0.131 e. The quantitative estimate of drug-likeness (QED) is 0.873. The van der Waals surface area contributed by atoms with Crippen molar-refractivity contribution in [1.82, 2.24) is 9.97 Å².